The molecule has 0 radical (unpaired) electrons. The van der Waals surface area contributed by atoms with Crippen LogP contribution in [-0.4, -0.2) is 40.6 Å². The second kappa shape index (κ2) is 11.0. The van der Waals surface area contributed by atoms with Crippen LogP contribution in [0.15, 0.2) is 42.6 Å². The molecule has 1 aliphatic carbocycles. The van der Waals surface area contributed by atoms with Crippen LogP contribution >= 0.6 is 0 Å². The summed E-state index contributed by atoms with van der Waals surface area (Å²) in [6, 6.07) is 10.0. The summed E-state index contributed by atoms with van der Waals surface area (Å²) in [7, 11) is 0. The van der Waals surface area contributed by atoms with E-state index in [9.17, 15) is 9.59 Å². The zero-order valence-corrected chi connectivity index (χ0v) is 15.8. The number of anilines is 1. The summed E-state index contributed by atoms with van der Waals surface area (Å²) < 4.78 is 0. The number of hydrogen-bond acceptors (Lipinski definition) is 6. The highest BCUT2D eigenvalue weighted by molar-refractivity contribution is 5.97. The predicted molar refractivity (Wildman–Crippen MR) is 115 cm³/mol. The zero-order chi connectivity index (χ0) is 20.6. The third-order valence-corrected chi connectivity index (χ3v) is 4.69. The Bertz CT molecular complexity index is 913. The zero-order valence-electron chi connectivity index (χ0n) is 15.8. The maximum atomic E-state index is 12.2. The number of nitrogens with two attached hydrogens (primary N) is 1. The Morgan fingerprint density at radius 1 is 1.13 bits per heavy atom. The molecule has 0 spiro atoms. The van der Waals surface area contributed by atoms with E-state index in [1.807, 2.05) is 12.1 Å². The smallest absolute Gasteiger partial charge is 0.267 e. The van der Waals surface area contributed by atoms with Crippen molar-refractivity contribution in [2.75, 3.05) is 11.9 Å². The summed E-state index contributed by atoms with van der Waals surface area (Å²) in [4.78, 5) is 28.0. The van der Waals surface area contributed by atoms with Crippen LogP contribution in [0, 0.1) is 11.8 Å². The normalized spacial score (nSPS) is 13.5. The largest absolute Gasteiger partial charge is 0.367 e. The molecule has 8 nitrogen and oxygen atoms in total. The van der Waals surface area contributed by atoms with E-state index in [-0.39, 0.29) is 14.0 Å². The maximum Gasteiger partial charge on any atom is 0.267 e. The summed E-state index contributed by atoms with van der Waals surface area (Å²) in [5.74, 6) is 5.69. The molecule has 6 N–H and O–H groups in total. The minimum Gasteiger partial charge on any atom is -0.367 e. The van der Waals surface area contributed by atoms with E-state index in [1.165, 1.54) is 24.7 Å². The van der Waals surface area contributed by atoms with Gasteiger partial charge in [-0.2, -0.15) is 0 Å². The van der Waals surface area contributed by atoms with Crippen LogP contribution in [0.4, 0.5) is 5.82 Å². The number of nitrogens with zero attached hydrogens (tertiary/aromatic N) is 1. The molecule has 1 atom stereocenters. The molecule has 1 saturated carbocycles. The average molecular weight is 409 g/mol. The lowest BCUT2D eigenvalue weighted by atomic mass is 9.93. The van der Waals surface area contributed by atoms with Gasteiger partial charge in [-0.05, 0) is 55.7 Å². The van der Waals surface area contributed by atoms with Gasteiger partial charge < -0.3 is 16.4 Å². The minimum atomic E-state index is -1.01. The van der Waals surface area contributed by atoms with Gasteiger partial charge in [0.05, 0.1) is 0 Å². The number of carbonyl (C=O) groups is 2. The minimum absolute atomic E-state index is 0. The van der Waals surface area contributed by atoms with Gasteiger partial charge in [-0.1, -0.05) is 19.3 Å². The van der Waals surface area contributed by atoms with E-state index in [0.29, 0.717) is 11.6 Å². The molecular formula is C22H27N5O3. The number of nitrogens with one attached hydrogen (secondary N) is 3. The van der Waals surface area contributed by atoms with Crippen LogP contribution in [0.1, 0.15) is 48.2 Å². The summed E-state index contributed by atoms with van der Waals surface area (Å²) in [6.07, 6.45) is 5.39. The Hall–Kier alpha value is -3.41. The third kappa shape index (κ3) is 6.04. The van der Waals surface area contributed by atoms with Crippen LogP contribution in [0.3, 0.4) is 0 Å². The molecule has 30 heavy (non-hydrogen) atoms. The van der Waals surface area contributed by atoms with E-state index >= 15 is 0 Å². The molecule has 0 unspecified atom stereocenters. The lowest BCUT2D eigenvalue weighted by Gasteiger charge is -2.26. The van der Waals surface area contributed by atoms with Crippen LogP contribution in [0.5, 0.6) is 0 Å². The van der Waals surface area contributed by atoms with E-state index < -0.39 is 17.9 Å². The highest BCUT2D eigenvalue weighted by atomic mass is 16.5. The molecule has 0 aliphatic heterocycles. The van der Waals surface area contributed by atoms with Gasteiger partial charge in [-0.15, -0.1) is 0 Å². The number of carbonyl (C=O) groups excluding carboxylic acids is 2. The van der Waals surface area contributed by atoms with Crippen LogP contribution < -0.4 is 21.8 Å². The average Bonchev–Trinajstić information content (AvgIpc) is 2.73. The van der Waals surface area contributed by atoms with Crippen molar-refractivity contribution < 1.29 is 14.8 Å². The fourth-order valence-corrected chi connectivity index (χ4v) is 2.72. The summed E-state index contributed by atoms with van der Waals surface area (Å²) in [5.41, 5.74) is 8.79. The molecule has 2 amide bonds. The van der Waals surface area contributed by atoms with Crippen LogP contribution in [0.25, 0.3) is 0 Å². The number of hydroxylamine groups is 1. The Kier molecular flexibility index (Phi) is 8.35. The van der Waals surface area contributed by atoms with Crippen molar-refractivity contribution in [2.45, 2.75) is 38.8 Å². The summed E-state index contributed by atoms with van der Waals surface area (Å²) in [5, 5.41) is 14.5. The van der Waals surface area contributed by atoms with E-state index in [2.05, 4.69) is 27.5 Å². The van der Waals surface area contributed by atoms with Crippen molar-refractivity contribution in [1.82, 2.24) is 15.8 Å². The van der Waals surface area contributed by atoms with Crippen LogP contribution in [0.2, 0.25) is 0 Å². The molecule has 1 aromatic carbocycles. The molecule has 3 rings (SSSR count). The third-order valence-electron chi connectivity index (χ3n) is 4.69. The Labute approximate surface area is 176 Å². The van der Waals surface area contributed by atoms with Gasteiger partial charge in [0.1, 0.15) is 11.9 Å². The Morgan fingerprint density at radius 3 is 2.33 bits per heavy atom. The first-order valence-electron chi connectivity index (χ1n) is 9.38. The number of rotatable bonds is 6. The number of benzene rings is 1. The molecule has 2 aromatic rings. The van der Waals surface area contributed by atoms with Crippen molar-refractivity contribution in [3.05, 3.63) is 59.3 Å². The highest BCUT2D eigenvalue weighted by Crippen LogP contribution is 2.22. The monoisotopic (exact) mass is 409 g/mol. The maximum absolute atomic E-state index is 12.2. The van der Waals surface area contributed by atoms with Crippen molar-refractivity contribution in [2.24, 2.45) is 5.73 Å². The molecular weight excluding hydrogens is 382 g/mol. The van der Waals surface area contributed by atoms with Gasteiger partial charge in [-0.3, -0.25) is 14.8 Å². The molecule has 158 valence electrons. The molecule has 1 fully saturated rings. The predicted octanol–water partition coefficient (Wildman–Crippen LogP) is 1.64. The quantitative estimate of drug-likeness (QED) is 0.280. The van der Waals surface area contributed by atoms with Gasteiger partial charge in [0.15, 0.2) is 0 Å². The van der Waals surface area contributed by atoms with Crippen molar-refractivity contribution in [3.63, 3.8) is 0 Å². The van der Waals surface area contributed by atoms with Gasteiger partial charge in [0.25, 0.3) is 11.8 Å². The molecule has 8 heteroatoms. The first kappa shape index (κ1) is 22.9. The summed E-state index contributed by atoms with van der Waals surface area (Å²) in [6.45, 7) is -0.134. The molecule has 1 aliphatic rings. The first-order chi connectivity index (χ1) is 14.1. The van der Waals surface area contributed by atoms with Crippen molar-refractivity contribution in [1.29, 1.82) is 0 Å². The number of hydrogen-bond donors (Lipinski definition) is 5. The van der Waals surface area contributed by atoms with Gasteiger partial charge in [0.2, 0.25) is 0 Å². The van der Waals surface area contributed by atoms with Crippen molar-refractivity contribution >= 4 is 17.6 Å². The first-order valence-corrected chi connectivity index (χ1v) is 9.38. The molecule has 0 bridgehead atoms. The molecule has 0 saturated heterocycles. The molecule has 1 heterocycles. The highest BCUT2D eigenvalue weighted by Gasteiger charge is 2.19. The number of pyridine rings is 1. The summed E-state index contributed by atoms with van der Waals surface area (Å²) >= 11 is 0. The standard InChI is InChI=1S/C21H23N5O3.CH4/c22-12-18(21(28)26-29)25-20(27)16-9-6-14(7-10-16)4-5-15-8-11-19(23-13-15)24-17-2-1-3-17;/h6-11,13,17-18,29H,1-3,12,22H2,(H,23,24)(H,25,27)(H,26,28);1H4/t18-;/m0./s1. The fraction of sp³-hybridized carbons (Fsp3) is 0.318. The van der Waals surface area contributed by atoms with Crippen molar-refractivity contribution in [3.8, 4) is 11.8 Å². The number of aromatic nitrogens is 1. The second-order valence-corrected chi connectivity index (χ2v) is 6.77. The van der Waals surface area contributed by atoms with Gasteiger partial charge in [0, 0.05) is 35.5 Å². The van der Waals surface area contributed by atoms with E-state index in [0.717, 1.165) is 16.9 Å². The van der Waals surface area contributed by atoms with Gasteiger partial charge in [-0.25, -0.2) is 10.5 Å². The SMILES string of the molecule is C.NC[C@H](NC(=O)c1ccc(C#Cc2ccc(NC3CCC3)nc2)cc1)C(=O)NO. The second-order valence-electron chi connectivity index (χ2n) is 6.77. The Morgan fingerprint density at radius 2 is 1.80 bits per heavy atom. The van der Waals surface area contributed by atoms with Crippen LogP contribution in [-0.2, 0) is 4.79 Å². The lowest BCUT2D eigenvalue weighted by Crippen LogP contribution is -2.50. The van der Waals surface area contributed by atoms with Gasteiger partial charge >= 0.3 is 0 Å². The van der Waals surface area contributed by atoms with E-state index in [4.69, 9.17) is 10.9 Å². The number of amides is 2. The topological polar surface area (TPSA) is 129 Å². The molecule has 1 aromatic heterocycles. The lowest BCUT2D eigenvalue weighted by molar-refractivity contribution is -0.130. The van der Waals surface area contributed by atoms with E-state index in [1.54, 1.807) is 30.5 Å². The Balaban J connectivity index is 0.00000320. The fourth-order valence-electron chi connectivity index (χ4n) is 2.72.